The van der Waals surface area contributed by atoms with Crippen LogP contribution in [0.2, 0.25) is 0 Å². The smallest absolute Gasteiger partial charge is 0.317 e. The second-order valence-electron chi connectivity index (χ2n) is 5.40. The molecule has 2 N–H and O–H groups in total. The van der Waals surface area contributed by atoms with Gasteiger partial charge in [-0.2, -0.15) is 0 Å². The van der Waals surface area contributed by atoms with Crippen molar-refractivity contribution in [1.29, 1.82) is 0 Å². The molecule has 2 rings (SSSR count). The molecule has 20 heavy (non-hydrogen) atoms. The number of aliphatic carboxylic acids is 1. The van der Waals surface area contributed by atoms with Gasteiger partial charge in [-0.25, -0.2) is 9.78 Å². The van der Waals surface area contributed by atoms with Crippen molar-refractivity contribution in [3.05, 3.63) is 18.7 Å². The largest absolute Gasteiger partial charge is 0.481 e. The van der Waals surface area contributed by atoms with E-state index in [-0.39, 0.29) is 18.0 Å². The number of carboxylic acid groups (broad SMARTS) is 1. The Balaban J connectivity index is 1.73. The summed E-state index contributed by atoms with van der Waals surface area (Å²) >= 11 is 0. The number of carboxylic acids is 1. The number of hydrogen-bond acceptors (Lipinski definition) is 3. The predicted octanol–water partition coefficient (Wildman–Crippen LogP) is 0.634. The van der Waals surface area contributed by atoms with Gasteiger partial charge in [-0.15, -0.1) is 0 Å². The normalized spacial score (nSPS) is 18.2. The maximum Gasteiger partial charge on any atom is 0.317 e. The lowest BCUT2D eigenvalue weighted by molar-refractivity contribution is -0.144. The van der Waals surface area contributed by atoms with Crippen LogP contribution in [-0.2, 0) is 11.3 Å². The van der Waals surface area contributed by atoms with Crippen LogP contribution >= 0.6 is 0 Å². The lowest BCUT2D eigenvalue weighted by Gasteiger charge is -2.41. The molecule has 7 heteroatoms. The summed E-state index contributed by atoms with van der Waals surface area (Å²) in [4.78, 5) is 28.4. The molecule has 7 nitrogen and oxygen atoms in total. The Bertz CT molecular complexity index is 468. The van der Waals surface area contributed by atoms with Crippen LogP contribution in [0.4, 0.5) is 4.79 Å². The van der Waals surface area contributed by atoms with Crippen LogP contribution in [0.15, 0.2) is 18.7 Å². The molecular formula is C13H20N4O3. The van der Waals surface area contributed by atoms with Crippen LogP contribution in [0.1, 0.15) is 13.8 Å². The highest BCUT2D eigenvalue weighted by Gasteiger charge is 2.37. The van der Waals surface area contributed by atoms with Crippen LogP contribution in [0, 0.1) is 11.8 Å². The van der Waals surface area contributed by atoms with Gasteiger partial charge in [0.2, 0.25) is 0 Å². The maximum absolute atomic E-state index is 11.9. The lowest BCUT2D eigenvalue weighted by atomic mass is 9.87. The Hall–Kier alpha value is -2.05. The van der Waals surface area contributed by atoms with Gasteiger partial charge >= 0.3 is 12.0 Å². The molecule has 1 fully saturated rings. The minimum Gasteiger partial charge on any atom is -0.481 e. The van der Waals surface area contributed by atoms with Gasteiger partial charge in [0.1, 0.15) is 0 Å². The summed E-state index contributed by atoms with van der Waals surface area (Å²) in [6.45, 7) is 5.29. The van der Waals surface area contributed by atoms with Crippen LogP contribution < -0.4 is 5.32 Å². The third-order valence-corrected chi connectivity index (χ3v) is 3.71. The molecule has 0 radical (unpaired) electrons. The van der Waals surface area contributed by atoms with Crippen LogP contribution in [0.3, 0.4) is 0 Å². The van der Waals surface area contributed by atoms with Crippen molar-refractivity contribution in [3.63, 3.8) is 0 Å². The van der Waals surface area contributed by atoms with Gasteiger partial charge < -0.3 is 19.9 Å². The van der Waals surface area contributed by atoms with Crippen molar-refractivity contribution >= 4 is 12.0 Å². The Morgan fingerprint density at radius 3 is 2.70 bits per heavy atom. The molecule has 2 amide bonds. The third-order valence-electron chi connectivity index (χ3n) is 3.71. The van der Waals surface area contributed by atoms with Crippen LogP contribution in [-0.4, -0.2) is 50.7 Å². The highest BCUT2D eigenvalue weighted by molar-refractivity contribution is 5.76. The number of nitrogens with one attached hydrogen (secondary N) is 1. The topological polar surface area (TPSA) is 87.5 Å². The molecule has 0 aromatic carbocycles. The number of hydrogen-bond donors (Lipinski definition) is 2. The monoisotopic (exact) mass is 280 g/mol. The first-order valence-electron chi connectivity index (χ1n) is 6.71. The first-order chi connectivity index (χ1) is 9.47. The molecule has 1 aromatic rings. The molecule has 0 aliphatic carbocycles. The van der Waals surface area contributed by atoms with E-state index >= 15 is 0 Å². The second kappa shape index (κ2) is 5.94. The second-order valence-corrected chi connectivity index (χ2v) is 5.40. The molecule has 0 saturated carbocycles. The molecule has 2 unspecified atom stereocenters. The summed E-state index contributed by atoms with van der Waals surface area (Å²) in [6, 6.07) is -0.140. The third kappa shape index (κ3) is 3.28. The minimum absolute atomic E-state index is 0.00681. The highest BCUT2D eigenvalue weighted by atomic mass is 16.4. The fraction of sp³-hybridized carbons (Fsp3) is 0.615. The fourth-order valence-corrected chi connectivity index (χ4v) is 2.26. The number of carbonyl (C=O) groups excluding carboxylic acids is 1. The minimum atomic E-state index is -0.802. The Morgan fingerprint density at radius 2 is 2.15 bits per heavy atom. The van der Waals surface area contributed by atoms with Crippen molar-refractivity contribution in [3.8, 4) is 0 Å². The van der Waals surface area contributed by atoms with E-state index in [4.69, 9.17) is 5.11 Å². The number of imidazole rings is 1. The quantitative estimate of drug-likeness (QED) is 0.828. The number of urea groups is 1. The van der Waals surface area contributed by atoms with Crippen molar-refractivity contribution in [2.45, 2.75) is 26.4 Å². The zero-order valence-corrected chi connectivity index (χ0v) is 11.7. The molecule has 1 aromatic heterocycles. The Kier molecular flexibility index (Phi) is 4.26. The van der Waals surface area contributed by atoms with Crippen LogP contribution in [0.5, 0.6) is 0 Å². The van der Waals surface area contributed by atoms with Gasteiger partial charge in [0.15, 0.2) is 0 Å². The summed E-state index contributed by atoms with van der Waals surface area (Å²) < 4.78 is 1.90. The molecule has 110 valence electrons. The standard InChI is InChI=1S/C13H20N4O3/c1-9(5-16-4-3-14-8-16)15-13(20)17-6-11(7-17)10(2)12(18)19/h3-4,8-11H,5-7H2,1-2H3,(H,15,20)(H,18,19). The average molecular weight is 280 g/mol. The van der Waals surface area contributed by atoms with Gasteiger partial charge in [0, 0.05) is 44.0 Å². The number of amides is 2. The fourth-order valence-electron chi connectivity index (χ4n) is 2.26. The van der Waals surface area contributed by atoms with Crippen molar-refractivity contribution < 1.29 is 14.7 Å². The summed E-state index contributed by atoms with van der Waals surface area (Å²) in [6.07, 6.45) is 5.25. The summed E-state index contributed by atoms with van der Waals surface area (Å²) in [5.74, 6) is -1.15. The molecule has 0 bridgehead atoms. The summed E-state index contributed by atoms with van der Waals surface area (Å²) in [5, 5.41) is 11.8. The molecule has 1 aliphatic heterocycles. The number of rotatable bonds is 5. The van der Waals surface area contributed by atoms with E-state index in [9.17, 15) is 9.59 Å². The molecule has 0 spiro atoms. The average Bonchev–Trinajstić information content (AvgIpc) is 2.78. The van der Waals surface area contributed by atoms with Gasteiger partial charge in [-0.3, -0.25) is 4.79 Å². The number of nitrogens with zero attached hydrogens (tertiary/aromatic N) is 3. The molecule has 1 aliphatic rings. The maximum atomic E-state index is 11.9. The highest BCUT2D eigenvalue weighted by Crippen LogP contribution is 2.23. The van der Waals surface area contributed by atoms with Gasteiger partial charge in [0.05, 0.1) is 12.2 Å². The van der Waals surface area contributed by atoms with E-state index in [0.717, 1.165) is 0 Å². The zero-order chi connectivity index (χ0) is 14.7. The van der Waals surface area contributed by atoms with E-state index in [1.54, 1.807) is 24.3 Å². The molecular weight excluding hydrogens is 260 g/mol. The molecule has 2 heterocycles. The molecule has 2 atom stereocenters. The van der Waals surface area contributed by atoms with Crippen LogP contribution in [0.25, 0.3) is 0 Å². The summed E-state index contributed by atoms with van der Waals surface area (Å²) in [5.41, 5.74) is 0. The SMILES string of the molecule is CC(Cn1ccnc1)NC(=O)N1CC(C(C)C(=O)O)C1. The Labute approximate surface area is 117 Å². The zero-order valence-electron chi connectivity index (χ0n) is 11.7. The van der Waals surface area contributed by atoms with E-state index in [2.05, 4.69) is 10.3 Å². The van der Waals surface area contributed by atoms with Crippen molar-refractivity contribution in [2.24, 2.45) is 11.8 Å². The number of likely N-dealkylation sites (tertiary alicyclic amines) is 1. The summed E-state index contributed by atoms with van der Waals surface area (Å²) in [7, 11) is 0. The van der Waals surface area contributed by atoms with E-state index in [0.29, 0.717) is 19.6 Å². The van der Waals surface area contributed by atoms with Gasteiger partial charge in [0.25, 0.3) is 0 Å². The number of carbonyl (C=O) groups is 2. The van der Waals surface area contributed by atoms with E-state index < -0.39 is 11.9 Å². The predicted molar refractivity (Wildman–Crippen MR) is 72.1 cm³/mol. The van der Waals surface area contributed by atoms with Gasteiger partial charge in [-0.05, 0) is 6.92 Å². The molecule has 1 saturated heterocycles. The van der Waals surface area contributed by atoms with Gasteiger partial charge in [-0.1, -0.05) is 6.92 Å². The van der Waals surface area contributed by atoms with E-state index in [1.165, 1.54) is 0 Å². The van der Waals surface area contributed by atoms with Crippen molar-refractivity contribution in [1.82, 2.24) is 19.8 Å². The first-order valence-corrected chi connectivity index (χ1v) is 6.71. The lowest BCUT2D eigenvalue weighted by Crippen LogP contribution is -2.57. The van der Waals surface area contributed by atoms with Crippen molar-refractivity contribution in [2.75, 3.05) is 13.1 Å². The Morgan fingerprint density at radius 1 is 1.45 bits per heavy atom. The number of aromatic nitrogens is 2. The first kappa shape index (κ1) is 14.4. The van der Waals surface area contributed by atoms with E-state index in [1.807, 2.05) is 17.7 Å².